The van der Waals surface area contributed by atoms with Gasteiger partial charge in [-0.15, -0.1) is 0 Å². The number of halogens is 2. The SMILES string of the molecule is CC1=[C-]CCC1.CC1=[C-]CCC1.C[Si](C)=[Zr+2].[Cl-].[Cl-]. The van der Waals surface area contributed by atoms with Crippen molar-refractivity contribution < 1.29 is 48.1 Å². The van der Waals surface area contributed by atoms with Crippen LogP contribution < -0.4 is 24.8 Å². The van der Waals surface area contributed by atoms with E-state index in [4.69, 9.17) is 0 Å². The maximum absolute atomic E-state index is 3.24. The molecule has 0 saturated carbocycles. The summed E-state index contributed by atoms with van der Waals surface area (Å²) in [5.41, 5.74) is 3.12. The second kappa shape index (κ2) is 16.2. The fourth-order valence-corrected chi connectivity index (χ4v) is 1.49. The maximum Gasteiger partial charge on any atom is -1.00 e. The minimum absolute atomic E-state index is 0. The first-order chi connectivity index (χ1) is 7.52. The first-order valence-corrected chi connectivity index (χ1v) is 12.4. The molecule has 0 unspecified atom stereocenters. The third kappa shape index (κ3) is 19.5. The van der Waals surface area contributed by atoms with E-state index in [0.717, 1.165) is 0 Å². The van der Waals surface area contributed by atoms with Gasteiger partial charge in [0.1, 0.15) is 0 Å². The third-order valence-electron chi connectivity index (χ3n) is 2.31. The molecule has 0 nitrogen and oxygen atoms in total. The van der Waals surface area contributed by atoms with E-state index in [1.165, 1.54) is 49.7 Å². The van der Waals surface area contributed by atoms with Crippen LogP contribution in [-0.2, 0) is 23.3 Å². The van der Waals surface area contributed by atoms with Gasteiger partial charge in [-0.05, 0) is 0 Å². The van der Waals surface area contributed by atoms with E-state index in [-0.39, 0.29) is 30.2 Å². The first-order valence-electron chi connectivity index (χ1n) is 6.16. The van der Waals surface area contributed by atoms with Crippen molar-refractivity contribution >= 4 is 5.43 Å². The van der Waals surface area contributed by atoms with Crippen LogP contribution in [0.3, 0.4) is 0 Å². The van der Waals surface area contributed by atoms with Crippen molar-refractivity contribution in [2.45, 2.75) is 65.5 Å². The summed E-state index contributed by atoms with van der Waals surface area (Å²) in [5.74, 6) is 0. The monoisotopic (exact) mass is 380 g/mol. The Hall–Kier alpha value is 1.16. The van der Waals surface area contributed by atoms with Crippen LogP contribution in [0.4, 0.5) is 0 Å². The molecule has 0 aromatic carbocycles. The summed E-state index contributed by atoms with van der Waals surface area (Å²) < 4.78 is 0. The Balaban J connectivity index is -0.000000182. The summed E-state index contributed by atoms with van der Waals surface area (Å²) in [5, 5.41) is 0. The van der Waals surface area contributed by atoms with E-state index < -0.39 is 0 Å². The second-order valence-corrected chi connectivity index (χ2v) is 14.0. The van der Waals surface area contributed by atoms with E-state index in [2.05, 4.69) is 39.1 Å². The fourth-order valence-electron chi connectivity index (χ4n) is 1.49. The van der Waals surface area contributed by atoms with Gasteiger partial charge in [0.2, 0.25) is 0 Å². The van der Waals surface area contributed by atoms with Gasteiger partial charge >= 0.3 is 41.9 Å². The molecule has 0 fully saturated rings. The number of hydrogen-bond acceptors (Lipinski definition) is 0. The molecule has 0 N–H and O–H groups in total. The Bertz CT molecular complexity index is 247. The van der Waals surface area contributed by atoms with Crippen molar-refractivity contribution in [2.24, 2.45) is 0 Å². The number of allylic oxidation sites excluding steroid dienone is 4. The molecule has 0 aromatic rings. The molecule has 0 bridgehead atoms. The number of hydrogen-bond donors (Lipinski definition) is 0. The van der Waals surface area contributed by atoms with E-state index in [1.54, 1.807) is 23.3 Å². The van der Waals surface area contributed by atoms with Crippen LogP contribution in [0.15, 0.2) is 11.1 Å². The van der Waals surface area contributed by atoms with Crippen molar-refractivity contribution in [3.8, 4) is 0 Å². The van der Waals surface area contributed by atoms with E-state index in [1.807, 2.05) is 0 Å². The van der Waals surface area contributed by atoms with E-state index in [9.17, 15) is 0 Å². The molecule has 0 radical (unpaired) electrons. The average molecular weight is 383 g/mol. The van der Waals surface area contributed by atoms with Gasteiger partial charge in [0.05, 0.1) is 0 Å². The zero-order valence-corrected chi connectivity index (χ0v) is 17.0. The maximum atomic E-state index is 3.24. The standard InChI is InChI=1S/2C6H9.C2H6Si.2ClH.Zr/c2*1-6-4-2-3-5-6;1-3-2;;;/h2*2-4H2,1H3;1-2H3;2*1H;/q2*-1;;;;+2/p-2. The van der Waals surface area contributed by atoms with Crippen LogP contribution in [0.1, 0.15) is 52.4 Å². The Morgan fingerprint density at radius 2 is 1.17 bits per heavy atom. The zero-order valence-electron chi connectivity index (χ0n) is 12.0. The summed E-state index contributed by atoms with van der Waals surface area (Å²) in [6.07, 6.45) is 14.1. The molecule has 0 atom stereocenters. The van der Waals surface area contributed by atoms with Gasteiger partial charge in [-0.25, -0.2) is 0 Å². The van der Waals surface area contributed by atoms with Crippen LogP contribution in [0.2, 0.25) is 13.1 Å². The fraction of sp³-hybridized carbons (Fsp3) is 0.714. The van der Waals surface area contributed by atoms with Gasteiger partial charge in [-0.2, -0.15) is 12.8 Å². The van der Waals surface area contributed by atoms with Crippen molar-refractivity contribution in [1.29, 1.82) is 0 Å². The van der Waals surface area contributed by atoms with Crippen LogP contribution in [0.25, 0.3) is 0 Å². The molecule has 2 rings (SSSR count). The quantitative estimate of drug-likeness (QED) is 0.358. The molecule has 18 heavy (non-hydrogen) atoms. The Labute approximate surface area is 141 Å². The van der Waals surface area contributed by atoms with Gasteiger partial charge in [0.25, 0.3) is 0 Å². The van der Waals surface area contributed by atoms with Crippen molar-refractivity contribution in [3.63, 3.8) is 0 Å². The third-order valence-corrected chi connectivity index (χ3v) is 2.31. The molecule has 104 valence electrons. The first kappa shape index (κ1) is 24.2. The Morgan fingerprint density at radius 1 is 0.889 bits per heavy atom. The summed E-state index contributed by atoms with van der Waals surface area (Å²) in [7, 11) is 0. The van der Waals surface area contributed by atoms with Gasteiger partial charge in [-0.3, -0.25) is 11.1 Å². The van der Waals surface area contributed by atoms with Crippen LogP contribution in [0, 0.1) is 12.2 Å². The molecule has 4 heteroatoms. The topological polar surface area (TPSA) is 0 Å². The van der Waals surface area contributed by atoms with Crippen molar-refractivity contribution in [2.75, 3.05) is 0 Å². The smallest absolute Gasteiger partial charge is 1.00 e. The Kier molecular flexibility index (Phi) is 21.8. The van der Waals surface area contributed by atoms with Gasteiger partial charge < -0.3 is 37.0 Å². The summed E-state index contributed by atoms with van der Waals surface area (Å²) in [6.45, 7) is 8.91. The predicted molar refractivity (Wildman–Crippen MR) is 70.0 cm³/mol. The van der Waals surface area contributed by atoms with Gasteiger partial charge in [-0.1, -0.05) is 39.5 Å². The van der Waals surface area contributed by atoms with Gasteiger partial charge in [0, 0.05) is 0 Å². The average Bonchev–Trinajstić information content (AvgIpc) is 2.78. The van der Waals surface area contributed by atoms with Crippen molar-refractivity contribution in [3.05, 3.63) is 23.3 Å². The molecule has 0 amide bonds. The number of rotatable bonds is 0. The molecule has 0 spiro atoms. The largest absolute Gasteiger partial charge is 1.00 e. The van der Waals surface area contributed by atoms with E-state index in [0.29, 0.717) is 0 Å². The minimum atomic E-state index is 0. The zero-order chi connectivity index (χ0) is 12.4. The molecule has 2 aliphatic rings. The Morgan fingerprint density at radius 3 is 1.22 bits per heavy atom. The van der Waals surface area contributed by atoms with Crippen LogP contribution in [-0.4, -0.2) is 5.43 Å². The molecule has 2 aliphatic carbocycles. The van der Waals surface area contributed by atoms with Crippen LogP contribution >= 0.6 is 0 Å². The normalized spacial score (nSPS) is 15.7. The molecule has 0 heterocycles. The molecular formula is C14H24Cl2SiZr-2. The summed E-state index contributed by atoms with van der Waals surface area (Å²) in [6, 6.07) is 0. The molecular weight excluding hydrogens is 358 g/mol. The molecule has 0 aliphatic heterocycles. The molecule has 0 saturated heterocycles. The van der Waals surface area contributed by atoms with E-state index >= 15 is 0 Å². The second-order valence-electron chi connectivity index (χ2n) is 4.62. The van der Waals surface area contributed by atoms with Gasteiger partial charge in [0.15, 0.2) is 0 Å². The molecule has 0 aromatic heterocycles. The predicted octanol–water partition coefficient (Wildman–Crippen LogP) is -1.37. The van der Waals surface area contributed by atoms with Crippen molar-refractivity contribution in [1.82, 2.24) is 0 Å². The minimum Gasteiger partial charge on any atom is -1.00 e. The van der Waals surface area contributed by atoms with Crippen LogP contribution in [0.5, 0.6) is 0 Å². The summed E-state index contributed by atoms with van der Waals surface area (Å²) in [4.78, 5) is 0. The summed E-state index contributed by atoms with van der Waals surface area (Å²) >= 11 is 1.74.